The van der Waals surface area contributed by atoms with E-state index < -0.39 is 5.97 Å². The smallest absolute Gasteiger partial charge is 0.323 e. The second-order valence-electron chi connectivity index (χ2n) is 5.46. The Morgan fingerprint density at radius 1 is 1.35 bits per heavy atom. The molecule has 0 unspecified atom stereocenters. The number of benzene rings is 1. The summed E-state index contributed by atoms with van der Waals surface area (Å²) >= 11 is 0. The highest BCUT2D eigenvalue weighted by molar-refractivity contribution is 5.97. The molecule has 5 nitrogen and oxygen atoms in total. The number of nitrogens with zero attached hydrogens (tertiary/aromatic N) is 1. The zero-order valence-electron chi connectivity index (χ0n) is 11.3. The SMILES string of the molecule is O=C(O)CN(C(=O)c1ccc2c(c1)CCCN2)C1CC1. The Labute approximate surface area is 117 Å². The maximum absolute atomic E-state index is 12.5. The highest BCUT2D eigenvalue weighted by Crippen LogP contribution is 2.29. The number of hydrogen-bond acceptors (Lipinski definition) is 3. The molecule has 0 aromatic heterocycles. The molecule has 5 heteroatoms. The molecule has 1 aromatic rings. The van der Waals surface area contributed by atoms with Gasteiger partial charge in [-0.15, -0.1) is 0 Å². The maximum Gasteiger partial charge on any atom is 0.323 e. The van der Waals surface area contributed by atoms with Gasteiger partial charge in [-0.1, -0.05) is 0 Å². The van der Waals surface area contributed by atoms with Crippen molar-refractivity contribution >= 4 is 17.6 Å². The van der Waals surface area contributed by atoms with Gasteiger partial charge in [-0.25, -0.2) is 0 Å². The lowest BCUT2D eigenvalue weighted by atomic mass is 10.0. The Hall–Kier alpha value is -2.04. The van der Waals surface area contributed by atoms with E-state index in [0.29, 0.717) is 5.56 Å². The Morgan fingerprint density at radius 2 is 2.15 bits per heavy atom. The van der Waals surface area contributed by atoms with E-state index in [1.54, 1.807) is 6.07 Å². The number of amides is 1. The van der Waals surface area contributed by atoms with Crippen molar-refractivity contribution in [3.05, 3.63) is 29.3 Å². The van der Waals surface area contributed by atoms with Gasteiger partial charge in [-0.3, -0.25) is 9.59 Å². The fourth-order valence-corrected chi connectivity index (χ4v) is 2.67. The summed E-state index contributed by atoms with van der Waals surface area (Å²) in [5.41, 5.74) is 2.83. The summed E-state index contributed by atoms with van der Waals surface area (Å²) < 4.78 is 0. The molecule has 0 spiro atoms. The van der Waals surface area contributed by atoms with E-state index >= 15 is 0 Å². The fourth-order valence-electron chi connectivity index (χ4n) is 2.67. The van der Waals surface area contributed by atoms with Crippen molar-refractivity contribution in [1.82, 2.24) is 4.90 Å². The fraction of sp³-hybridized carbons (Fsp3) is 0.467. The Balaban J connectivity index is 1.83. The van der Waals surface area contributed by atoms with Crippen LogP contribution in [0.4, 0.5) is 5.69 Å². The number of fused-ring (bicyclic) bond motifs is 1. The molecule has 106 valence electrons. The first-order chi connectivity index (χ1) is 9.65. The molecule has 0 saturated heterocycles. The number of hydrogen-bond donors (Lipinski definition) is 2. The third-order valence-corrected chi connectivity index (χ3v) is 3.84. The summed E-state index contributed by atoms with van der Waals surface area (Å²) in [6.07, 6.45) is 3.84. The highest BCUT2D eigenvalue weighted by Gasteiger charge is 2.34. The Kier molecular flexibility index (Phi) is 3.34. The van der Waals surface area contributed by atoms with Gasteiger partial charge in [0.1, 0.15) is 6.54 Å². The molecule has 2 aliphatic rings. The largest absolute Gasteiger partial charge is 0.480 e. The zero-order chi connectivity index (χ0) is 14.1. The van der Waals surface area contributed by atoms with Crippen molar-refractivity contribution in [3.63, 3.8) is 0 Å². The van der Waals surface area contributed by atoms with Crippen molar-refractivity contribution in [3.8, 4) is 0 Å². The summed E-state index contributed by atoms with van der Waals surface area (Å²) in [4.78, 5) is 24.9. The van der Waals surface area contributed by atoms with Gasteiger partial charge in [-0.2, -0.15) is 0 Å². The third-order valence-electron chi connectivity index (χ3n) is 3.84. The van der Waals surface area contributed by atoms with Crippen LogP contribution in [0, 0.1) is 0 Å². The van der Waals surface area contributed by atoms with Gasteiger partial charge in [0.05, 0.1) is 0 Å². The topological polar surface area (TPSA) is 69.6 Å². The molecule has 1 fully saturated rings. The lowest BCUT2D eigenvalue weighted by Gasteiger charge is -2.22. The number of anilines is 1. The van der Waals surface area contributed by atoms with Crippen LogP contribution in [0.5, 0.6) is 0 Å². The van der Waals surface area contributed by atoms with Gasteiger partial charge in [0, 0.05) is 23.8 Å². The summed E-state index contributed by atoms with van der Waals surface area (Å²) in [7, 11) is 0. The van der Waals surface area contributed by atoms with Gasteiger partial charge >= 0.3 is 5.97 Å². The van der Waals surface area contributed by atoms with Crippen LogP contribution in [0.15, 0.2) is 18.2 Å². The van der Waals surface area contributed by atoms with Gasteiger partial charge in [0.15, 0.2) is 0 Å². The van der Waals surface area contributed by atoms with Crippen molar-refractivity contribution in [2.24, 2.45) is 0 Å². The van der Waals surface area contributed by atoms with Crippen molar-refractivity contribution in [2.75, 3.05) is 18.4 Å². The number of rotatable bonds is 4. The minimum absolute atomic E-state index is 0.104. The first kappa shape index (κ1) is 13.0. The third kappa shape index (κ3) is 2.61. The summed E-state index contributed by atoms with van der Waals surface area (Å²) in [6, 6.07) is 5.72. The summed E-state index contributed by atoms with van der Waals surface area (Å²) in [6.45, 7) is 0.756. The predicted octanol–water partition coefficient (Wildman–Crippen LogP) is 1.73. The van der Waals surface area contributed by atoms with Gasteiger partial charge in [0.25, 0.3) is 5.91 Å². The van der Waals surface area contributed by atoms with Crippen LogP contribution < -0.4 is 5.32 Å². The average molecular weight is 274 g/mol. The molecule has 2 N–H and O–H groups in total. The quantitative estimate of drug-likeness (QED) is 0.877. The van der Waals surface area contributed by atoms with Crippen LogP contribution in [-0.2, 0) is 11.2 Å². The number of carbonyl (C=O) groups excluding carboxylic acids is 1. The molecular weight excluding hydrogens is 256 g/mol. The number of carbonyl (C=O) groups is 2. The van der Waals surface area contributed by atoms with Gasteiger partial charge in [-0.05, 0) is 49.4 Å². The van der Waals surface area contributed by atoms with E-state index in [1.807, 2.05) is 12.1 Å². The molecule has 1 heterocycles. The number of carboxylic acid groups (broad SMARTS) is 1. The summed E-state index contributed by atoms with van der Waals surface area (Å²) in [5, 5.41) is 12.3. The van der Waals surface area contributed by atoms with E-state index in [9.17, 15) is 9.59 Å². The van der Waals surface area contributed by atoms with Crippen LogP contribution in [0.2, 0.25) is 0 Å². The van der Waals surface area contributed by atoms with Gasteiger partial charge < -0.3 is 15.3 Å². The van der Waals surface area contributed by atoms with Gasteiger partial charge in [0.2, 0.25) is 0 Å². The van der Waals surface area contributed by atoms with Crippen LogP contribution in [0.3, 0.4) is 0 Å². The molecule has 1 aliphatic carbocycles. The van der Waals surface area contributed by atoms with Crippen LogP contribution in [0.25, 0.3) is 0 Å². The van der Waals surface area contributed by atoms with Crippen molar-refractivity contribution in [1.29, 1.82) is 0 Å². The Morgan fingerprint density at radius 3 is 2.85 bits per heavy atom. The number of nitrogens with one attached hydrogen (secondary N) is 1. The van der Waals surface area contributed by atoms with E-state index in [4.69, 9.17) is 5.11 Å². The van der Waals surface area contributed by atoms with Crippen LogP contribution in [0.1, 0.15) is 35.2 Å². The van der Waals surface area contributed by atoms with Crippen LogP contribution >= 0.6 is 0 Å². The van der Waals surface area contributed by atoms with E-state index in [2.05, 4.69) is 5.32 Å². The lowest BCUT2D eigenvalue weighted by Crippen LogP contribution is -2.37. The second kappa shape index (κ2) is 5.15. The molecule has 1 aromatic carbocycles. The second-order valence-corrected chi connectivity index (χ2v) is 5.46. The van der Waals surface area contributed by atoms with E-state index in [-0.39, 0.29) is 18.5 Å². The molecule has 1 saturated carbocycles. The molecule has 0 radical (unpaired) electrons. The van der Waals surface area contributed by atoms with Crippen molar-refractivity contribution in [2.45, 2.75) is 31.7 Å². The molecule has 1 aliphatic heterocycles. The predicted molar refractivity (Wildman–Crippen MR) is 74.9 cm³/mol. The molecule has 3 rings (SSSR count). The first-order valence-electron chi connectivity index (χ1n) is 7.05. The molecule has 20 heavy (non-hydrogen) atoms. The molecule has 0 atom stereocenters. The van der Waals surface area contributed by atoms with Crippen molar-refractivity contribution < 1.29 is 14.7 Å². The molecular formula is C15H18N2O3. The Bertz CT molecular complexity index is 552. The molecule has 0 bridgehead atoms. The zero-order valence-corrected chi connectivity index (χ0v) is 11.3. The standard InChI is InChI=1S/C15H18N2O3/c18-14(19)9-17(12-4-5-12)15(20)11-3-6-13-10(8-11)2-1-7-16-13/h3,6,8,12,16H,1-2,4-5,7,9H2,(H,18,19). The minimum Gasteiger partial charge on any atom is -0.480 e. The number of carboxylic acids is 1. The van der Waals surface area contributed by atoms with E-state index in [1.165, 1.54) is 4.90 Å². The highest BCUT2D eigenvalue weighted by atomic mass is 16.4. The monoisotopic (exact) mass is 274 g/mol. The molecule has 1 amide bonds. The maximum atomic E-state index is 12.5. The summed E-state index contributed by atoms with van der Waals surface area (Å²) in [5.74, 6) is -1.12. The number of aryl methyl sites for hydroxylation is 1. The minimum atomic E-state index is -0.954. The van der Waals surface area contributed by atoms with E-state index in [0.717, 1.165) is 43.5 Å². The normalized spacial score (nSPS) is 17.0. The lowest BCUT2D eigenvalue weighted by molar-refractivity contribution is -0.137. The first-order valence-corrected chi connectivity index (χ1v) is 7.05. The average Bonchev–Trinajstić information content (AvgIpc) is 3.28. The van der Waals surface area contributed by atoms with Crippen LogP contribution in [-0.4, -0.2) is 41.0 Å². The number of aliphatic carboxylic acids is 1.